The van der Waals surface area contributed by atoms with Crippen molar-refractivity contribution >= 4 is 22.6 Å². The first kappa shape index (κ1) is 12.1. The van der Waals surface area contributed by atoms with Gasteiger partial charge in [0, 0.05) is 13.0 Å². The molecule has 88 valence electrons. The third-order valence-corrected chi connectivity index (χ3v) is 4.18. The van der Waals surface area contributed by atoms with E-state index in [1.54, 1.807) is 0 Å². The second-order valence-corrected chi connectivity index (χ2v) is 5.50. The fraction of sp³-hybridized carbons (Fsp3) is 1.00. The molecule has 0 aromatic heterocycles. The summed E-state index contributed by atoms with van der Waals surface area (Å²) in [6.45, 7) is 4.41. The lowest BCUT2D eigenvalue weighted by molar-refractivity contribution is -0.304. The van der Waals surface area contributed by atoms with Gasteiger partial charge in [0.1, 0.15) is 5.60 Å². The minimum atomic E-state index is -0.447. The molecule has 4 heteroatoms. The molecule has 15 heavy (non-hydrogen) atoms. The molecule has 2 fully saturated rings. The van der Waals surface area contributed by atoms with Crippen LogP contribution in [-0.2, 0) is 14.2 Å². The SMILES string of the molecule is C[C@@]1(CCCI)OCCCC12OCCO2. The highest BCUT2D eigenvalue weighted by atomic mass is 127. The first-order chi connectivity index (χ1) is 7.22. The topological polar surface area (TPSA) is 27.7 Å². The third-order valence-electron chi connectivity index (χ3n) is 3.42. The molecule has 2 aliphatic heterocycles. The Balaban J connectivity index is 2.10. The van der Waals surface area contributed by atoms with Crippen LogP contribution in [0.2, 0.25) is 0 Å². The molecule has 2 rings (SSSR count). The van der Waals surface area contributed by atoms with E-state index in [1.807, 2.05) is 0 Å². The molecule has 2 heterocycles. The molecule has 0 aromatic rings. The van der Waals surface area contributed by atoms with Gasteiger partial charge in [-0.2, -0.15) is 0 Å². The van der Waals surface area contributed by atoms with Crippen molar-refractivity contribution < 1.29 is 14.2 Å². The molecule has 0 saturated carbocycles. The van der Waals surface area contributed by atoms with E-state index in [0.717, 1.165) is 36.7 Å². The van der Waals surface area contributed by atoms with Crippen LogP contribution in [0.5, 0.6) is 0 Å². The second-order valence-electron chi connectivity index (χ2n) is 4.43. The number of halogens is 1. The number of hydrogen-bond acceptors (Lipinski definition) is 3. The Bertz CT molecular complexity index is 216. The predicted molar refractivity (Wildman–Crippen MR) is 66.3 cm³/mol. The molecule has 2 saturated heterocycles. The smallest absolute Gasteiger partial charge is 0.197 e. The zero-order valence-corrected chi connectivity index (χ0v) is 11.4. The average molecular weight is 326 g/mol. The van der Waals surface area contributed by atoms with Crippen molar-refractivity contribution in [1.82, 2.24) is 0 Å². The van der Waals surface area contributed by atoms with Gasteiger partial charge in [-0.15, -0.1) is 0 Å². The zero-order valence-electron chi connectivity index (χ0n) is 9.26. The molecule has 0 unspecified atom stereocenters. The molecular weight excluding hydrogens is 307 g/mol. The van der Waals surface area contributed by atoms with Gasteiger partial charge in [0.15, 0.2) is 5.79 Å². The Hall–Kier alpha value is 0.610. The van der Waals surface area contributed by atoms with Gasteiger partial charge in [0.2, 0.25) is 0 Å². The Morgan fingerprint density at radius 1 is 1.13 bits per heavy atom. The molecule has 0 bridgehead atoms. The third kappa shape index (κ3) is 2.18. The van der Waals surface area contributed by atoms with Gasteiger partial charge >= 0.3 is 0 Å². The Morgan fingerprint density at radius 2 is 1.87 bits per heavy atom. The lowest BCUT2D eigenvalue weighted by atomic mass is 9.84. The summed E-state index contributed by atoms with van der Waals surface area (Å²) in [5.74, 6) is -0.447. The molecule has 0 N–H and O–H groups in total. The molecule has 1 spiro atoms. The van der Waals surface area contributed by atoms with Gasteiger partial charge in [-0.25, -0.2) is 0 Å². The molecule has 2 aliphatic rings. The minimum absolute atomic E-state index is 0.243. The molecule has 0 amide bonds. The minimum Gasteiger partial charge on any atom is -0.370 e. The van der Waals surface area contributed by atoms with Crippen LogP contribution in [0.3, 0.4) is 0 Å². The van der Waals surface area contributed by atoms with E-state index in [2.05, 4.69) is 29.5 Å². The van der Waals surface area contributed by atoms with Crippen molar-refractivity contribution in [3.05, 3.63) is 0 Å². The van der Waals surface area contributed by atoms with E-state index in [9.17, 15) is 0 Å². The maximum Gasteiger partial charge on any atom is 0.197 e. The van der Waals surface area contributed by atoms with Crippen LogP contribution in [0.25, 0.3) is 0 Å². The summed E-state index contributed by atoms with van der Waals surface area (Å²) in [6, 6.07) is 0. The van der Waals surface area contributed by atoms with E-state index in [4.69, 9.17) is 14.2 Å². The van der Waals surface area contributed by atoms with Crippen molar-refractivity contribution in [2.24, 2.45) is 0 Å². The van der Waals surface area contributed by atoms with Gasteiger partial charge in [-0.1, -0.05) is 22.6 Å². The molecule has 0 aromatic carbocycles. The van der Waals surface area contributed by atoms with E-state index < -0.39 is 5.79 Å². The standard InChI is InChI=1S/C11H19IO3/c1-10(4-2-6-12)11(5-3-7-13-10)14-8-9-15-11/h2-9H2,1H3/t10-/m0/s1. The molecular formula is C11H19IO3. The average Bonchev–Trinajstić information content (AvgIpc) is 2.71. The monoisotopic (exact) mass is 326 g/mol. The zero-order chi connectivity index (χ0) is 10.8. The van der Waals surface area contributed by atoms with Gasteiger partial charge in [0.05, 0.1) is 13.2 Å². The molecule has 1 atom stereocenters. The van der Waals surface area contributed by atoms with Crippen molar-refractivity contribution in [3.8, 4) is 0 Å². The highest BCUT2D eigenvalue weighted by molar-refractivity contribution is 14.1. The summed E-state index contributed by atoms with van der Waals surface area (Å²) < 4.78 is 18.8. The molecule has 3 nitrogen and oxygen atoms in total. The molecule has 0 radical (unpaired) electrons. The Kier molecular flexibility index (Phi) is 3.91. The first-order valence-corrected chi connectivity index (χ1v) is 7.23. The number of ether oxygens (including phenoxy) is 3. The van der Waals surface area contributed by atoms with Gasteiger partial charge < -0.3 is 14.2 Å². The van der Waals surface area contributed by atoms with Crippen LogP contribution in [-0.4, -0.2) is 35.6 Å². The first-order valence-electron chi connectivity index (χ1n) is 5.70. The quantitative estimate of drug-likeness (QED) is 0.589. The summed E-state index contributed by atoms with van der Waals surface area (Å²) in [5.41, 5.74) is -0.243. The fourth-order valence-electron chi connectivity index (χ4n) is 2.55. The molecule has 0 aliphatic carbocycles. The Labute approximate surface area is 105 Å². The summed E-state index contributed by atoms with van der Waals surface area (Å²) in [5, 5.41) is 0. The van der Waals surface area contributed by atoms with Crippen LogP contribution >= 0.6 is 22.6 Å². The van der Waals surface area contributed by atoms with E-state index in [-0.39, 0.29) is 5.60 Å². The largest absolute Gasteiger partial charge is 0.370 e. The van der Waals surface area contributed by atoms with Crippen molar-refractivity contribution in [3.63, 3.8) is 0 Å². The second kappa shape index (κ2) is 4.85. The van der Waals surface area contributed by atoms with Gasteiger partial charge in [0.25, 0.3) is 0 Å². The highest BCUT2D eigenvalue weighted by Crippen LogP contribution is 2.44. The number of alkyl halides is 1. The van der Waals surface area contributed by atoms with Crippen molar-refractivity contribution in [2.45, 2.75) is 44.0 Å². The van der Waals surface area contributed by atoms with Crippen LogP contribution in [0.1, 0.15) is 32.6 Å². The lowest BCUT2D eigenvalue weighted by Crippen LogP contribution is -2.57. The van der Waals surface area contributed by atoms with Crippen LogP contribution in [0.4, 0.5) is 0 Å². The van der Waals surface area contributed by atoms with E-state index in [1.165, 1.54) is 0 Å². The van der Waals surface area contributed by atoms with Gasteiger partial charge in [-0.3, -0.25) is 0 Å². The van der Waals surface area contributed by atoms with Crippen LogP contribution in [0.15, 0.2) is 0 Å². The van der Waals surface area contributed by atoms with E-state index in [0.29, 0.717) is 13.2 Å². The van der Waals surface area contributed by atoms with Crippen molar-refractivity contribution in [1.29, 1.82) is 0 Å². The maximum atomic E-state index is 5.95. The summed E-state index contributed by atoms with van der Waals surface area (Å²) in [7, 11) is 0. The number of rotatable bonds is 3. The van der Waals surface area contributed by atoms with Crippen molar-refractivity contribution in [2.75, 3.05) is 24.2 Å². The summed E-state index contributed by atoms with van der Waals surface area (Å²) in [6.07, 6.45) is 4.20. The summed E-state index contributed by atoms with van der Waals surface area (Å²) in [4.78, 5) is 0. The summed E-state index contributed by atoms with van der Waals surface area (Å²) >= 11 is 2.40. The maximum absolute atomic E-state index is 5.95. The van der Waals surface area contributed by atoms with Crippen LogP contribution in [0, 0.1) is 0 Å². The fourth-order valence-corrected chi connectivity index (χ4v) is 2.93. The normalized spacial score (nSPS) is 34.8. The highest BCUT2D eigenvalue weighted by Gasteiger charge is 2.55. The number of hydrogen-bond donors (Lipinski definition) is 0. The van der Waals surface area contributed by atoms with Gasteiger partial charge in [-0.05, 0) is 30.6 Å². The lowest BCUT2D eigenvalue weighted by Gasteiger charge is -2.47. The van der Waals surface area contributed by atoms with Crippen LogP contribution < -0.4 is 0 Å². The Morgan fingerprint density at radius 3 is 2.53 bits per heavy atom. The van der Waals surface area contributed by atoms with E-state index >= 15 is 0 Å². The predicted octanol–water partition coefficient (Wildman–Crippen LogP) is 2.51.